The molecule has 0 aromatic carbocycles. The van der Waals surface area contributed by atoms with E-state index in [9.17, 15) is 5.26 Å². The van der Waals surface area contributed by atoms with Crippen LogP contribution in [0, 0.1) is 11.3 Å². The van der Waals surface area contributed by atoms with Gasteiger partial charge < -0.3 is 10.5 Å². The summed E-state index contributed by atoms with van der Waals surface area (Å²) in [5.74, 6) is 0.683. The zero-order valence-electron chi connectivity index (χ0n) is 14.2. The number of pyridine rings is 2. The lowest BCUT2D eigenvalue weighted by Gasteiger charge is -2.32. The van der Waals surface area contributed by atoms with E-state index in [2.05, 4.69) is 16.0 Å². The molecule has 1 aliphatic heterocycles. The van der Waals surface area contributed by atoms with Gasteiger partial charge in [0.25, 0.3) is 0 Å². The molecule has 0 saturated carbocycles. The van der Waals surface area contributed by atoms with Crippen LogP contribution >= 0.6 is 0 Å². The molecule has 0 saturated heterocycles. The van der Waals surface area contributed by atoms with Crippen LogP contribution in [0.3, 0.4) is 0 Å². The van der Waals surface area contributed by atoms with Crippen LogP contribution in [0.5, 0.6) is 0 Å². The molecule has 0 radical (unpaired) electrons. The zero-order chi connectivity index (χ0) is 17.9. The molecular weight excluding hydrogens is 324 g/mol. The molecule has 2 aromatic rings. The van der Waals surface area contributed by atoms with Gasteiger partial charge in [-0.1, -0.05) is 12.1 Å². The van der Waals surface area contributed by atoms with Gasteiger partial charge in [0.15, 0.2) is 0 Å². The first-order valence-electron chi connectivity index (χ1n) is 8.61. The smallest absolute Gasteiger partial charge is 0.205 e. The van der Waals surface area contributed by atoms with Gasteiger partial charge in [-0.25, -0.2) is 0 Å². The highest BCUT2D eigenvalue weighted by atomic mass is 16.5. The van der Waals surface area contributed by atoms with Gasteiger partial charge in [0, 0.05) is 12.4 Å². The summed E-state index contributed by atoms with van der Waals surface area (Å²) in [6, 6.07) is 13.8. The van der Waals surface area contributed by atoms with Crippen molar-refractivity contribution >= 4 is 6.08 Å². The van der Waals surface area contributed by atoms with Gasteiger partial charge in [0.05, 0.1) is 17.3 Å². The Morgan fingerprint density at radius 2 is 1.92 bits per heavy atom. The molecule has 1 unspecified atom stereocenters. The van der Waals surface area contributed by atoms with Crippen LogP contribution in [-0.2, 0) is 4.74 Å². The van der Waals surface area contributed by atoms with Crippen LogP contribution < -0.4 is 5.73 Å². The molecule has 4 rings (SSSR count). The standard InChI is InChI=1S/C21H18N4O/c22-13-17-19(18-9-2-4-11-25-18)16-8-5-6-14(20(16)26-21(17)23)12-15-7-1-3-10-24-15/h1-4,7,9-12,19H,5-6,8,23H2/b14-12+. The monoisotopic (exact) mass is 342 g/mol. The maximum absolute atomic E-state index is 9.64. The Bertz CT molecular complexity index is 953. The fraction of sp³-hybridized carbons (Fsp3) is 0.190. The Morgan fingerprint density at radius 1 is 1.12 bits per heavy atom. The van der Waals surface area contributed by atoms with Crippen molar-refractivity contribution in [1.82, 2.24) is 9.97 Å². The first kappa shape index (κ1) is 16.1. The van der Waals surface area contributed by atoms with Crippen molar-refractivity contribution in [1.29, 1.82) is 5.26 Å². The number of nitrogens with zero attached hydrogens (tertiary/aromatic N) is 3. The number of allylic oxidation sites excluding steroid dienone is 3. The normalized spacial score (nSPS) is 21.2. The fourth-order valence-corrected chi connectivity index (χ4v) is 3.56. The van der Waals surface area contributed by atoms with Gasteiger partial charge in [0.2, 0.25) is 5.88 Å². The summed E-state index contributed by atoms with van der Waals surface area (Å²) in [4.78, 5) is 8.85. The quantitative estimate of drug-likeness (QED) is 0.897. The number of hydrogen-bond acceptors (Lipinski definition) is 5. The van der Waals surface area contributed by atoms with E-state index in [0.717, 1.165) is 47.6 Å². The fourth-order valence-electron chi connectivity index (χ4n) is 3.56. The van der Waals surface area contributed by atoms with E-state index in [1.165, 1.54) is 0 Å². The lowest BCUT2D eigenvalue weighted by molar-refractivity contribution is 0.276. The third-order valence-electron chi connectivity index (χ3n) is 4.70. The van der Waals surface area contributed by atoms with Gasteiger partial charge in [-0.3, -0.25) is 9.97 Å². The topological polar surface area (TPSA) is 84.8 Å². The highest BCUT2D eigenvalue weighted by molar-refractivity contribution is 5.60. The van der Waals surface area contributed by atoms with Gasteiger partial charge in [-0.05, 0) is 60.8 Å². The molecule has 0 spiro atoms. The van der Waals surface area contributed by atoms with Crippen LogP contribution in [0.4, 0.5) is 0 Å². The van der Waals surface area contributed by atoms with Crippen LogP contribution in [0.2, 0.25) is 0 Å². The molecule has 26 heavy (non-hydrogen) atoms. The number of nitrogens with two attached hydrogens (primary N) is 1. The van der Waals surface area contributed by atoms with E-state index in [0.29, 0.717) is 5.57 Å². The lowest BCUT2D eigenvalue weighted by Crippen LogP contribution is -2.24. The van der Waals surface area contributed by atoms with E-state index < -0.39 is 0 Å². The van der Waals surface area contributed by atoms with Gasteiger partial charge in [-0.15, -0.1) is 0 Å². The third-order valence-corrected chi connectivity index (χ3v) is 4.70. The molecule has 1 aliphatic carbocycles. The Hall–Kier alpha value is -3.39. The average Bonchev–Trinajstić information content (AvgIpc) is 2.69. The van der Waals surface area contributed by atoms with E-state index in [-0.39, 0.29) is 11.8 Å². The minimum Gasteiger partial charge on any atom is -0.440 e. The number of aromatic nitrogens is 2. The molecule has 128 valence electrons. The number of ether oxygens (including phenoxy) is 1. The molecular formula is C21H18N4O. The molecule has 2 aromatic heterocycles. The second-order valence-corrected chi connectivity index (χ2v) is 6.31. The second-order valence-electron chi connectivity index (χ2n) is 6.31. The van der Waals surface area contributed by atoms with Crippen molar-refractivity contribution < 1.29 is 4.74 Å². The van der Waals surface area contributed by atoms with Gasteiger partial charge in [-0.2, -0.15) is 5.26 Å². The largest absolute Gasteiger partial charge is 0.440 e. The van der Waals surface area contributed by atoms with Crippen LogP contribution in [0.15, 0.2) is 77.2 Å². The first-order chi connectivity index (χ1) is 12.8. The predicted molar refractivity (Wildman–Crippen MR) is 98.0 cm³/mol. The Kier molecular flexibility index (Phi) is 4.24. The summed E-state index contributed by atoms with van der Waals surface area (Å²) in [5.41, 5.74) is 10.4. The Balaban J connectivity index is 1.84. The molecule has 1 atom stereocenters. The Labute approximate surface area is 152 Å². The van der Waals surface area contributed by atoms with Crippen LogP contribution in [0.1, 0.15) is 36.6 Å². The van der Waals surface area contributed by atoms with Crippen LogP contribution in [0.25, 0.3) is 6.08 Å². The van der Waals surface area contributed by atoms with Gasteiger partial charge in [0.1, 0.15) is 17.4 Å². The predicted octanol–water partition coefficient (Wildman–Crippen LogP) is 3.81. The lowest BCUT2D eigenvalue weighted by atomic mass is 9.78. The summed E-state index contributed by atoms with van der Waals surface area (Å²) in [6.45, 7) is 0. The minimum atomic E-state index is -0.252. The molecule has 0 amide bonds. The zero-order valence-corrected chi connectivity index (χ0v) is 14.2. The molecule has 5 heteroatoms. The van der Waals surface area contributed by atoms with Crippen molar-refractivity contribution in [2.75, 3.05) is 0 Å². The summed E-state index contributed by atoms with van der Waals surface area (Å²) in [5, 5.41) is 9.64. The summed E-state index contributed by atoms with van der Waals surface area (Å²) < 4.78 is 5.92. The van der Waals surface area contributed by atoms with E-state index >= 15 is 0 Å². The van der Waals surface area contributed by atoms with Crippen molar-refractivity contribution in [2.45, 2.75) is 25.2 Å². The molecule has 5 nitrogen and oxygen atoms in total. The summed E-state index contributed by atoms with van der Waals surface area (Å²) in [6.07, 6.45) is 8.28. The number of hydrogen-bond donors (Lipinski definition) is 1. The SMILES string of the molecule is N#CC1=C(N)OC2=C(CCC/C2=C\c2ccccn2)C1c1ccccn1. The van der Waals surface area contributed by atoms with E-state index in [1.807, 2.05) is 42.5 Å². The molecule has 0 bridgehead atoms. The van der Waals surface area contributed by atoms with Crippen molar-refractivity contribution in [3.8, 4) is 6.07 Å². The summed E-state index contributed by atoms with van der Waals surface area (Å²) >= 11 is 0. The first-order valence-corrected chi connectivity index (χ1v) is 8.61. The van der Waals surface area contributed by atoms with Crippen molar-refractivity contribution in [3.63, 3.8) is 0 Å². The molecule has 3 heterocycles. The van der Waals surface area contributed by atoms with E-state index in [4.69, 9.17) is 10.5 Å². The average molecular weight is 342 g/mol. The molecule has 2 N–H and O–H groups in total. The molecule has 2 aliphatic rings. The van der Waals surface area contributed by atoms with Crippen molar-refractivity contribution in [3.05, 3.63) is 88.5 Å². The third kappa shape index (κ3) is 2.86. The maximum Gasteiger partial charge on any atom is 0.205 e. The highest BCUT2D eigenvalue weighted by Gasteiger charge is 2.36. The highest BCUT2D eigenvalue weighted by Crippen LogP contribution is 2.46. The van der Waals surface area contributed by atoms with Crippen LogP contribution in [-0.4, -0.2) is 9.97 Å². The second kappa shape index (κ2) is 6.85. The summed E-state index contributed by atoms with van der Waals surface area (Å²) in [7, 11) is 0. The van der Waals surface area contributed by atoms with E-state index in [1.54, 1.807) is 12.4 Å². The number of rotatable bonds is 2. The maximum atomic E-state index is 9.64. The number of nitriles is 1. The minimum absolute atomic E-state index is 0.163. The Morgan fingerprint density at radius 3 is 2.62 bits per heavy atom. The van der Waals surface area contributed by atoms with Crippen molar-refractivity contribution in [2.24, 2.45) is 5.73 Å². The molecule has 0 fully saturated rings. The van der Waals surface area contributed by atoms with Gasteiger partial charge >= 0.3 is 0 Å².